The zero-order chi connectivity index (χ0) is 14.6. The van der Waals surface area contributed by atoms with Crippen LogP contribution in [0.3, 0.4) is 0 Å². The third-order valence-electron chi connectivity index (χ3n) is 2.08. The summed E-state index contributed by atoms with van der Waals surface area (Å²) in [6.45, 7) is 3.22. The molecule has 0 radical (unpaired) electrons. The summed E-state index contributed by atoms with van der Waals surface area (Å²) in [7, 11) is -2.50. The molecule has 0 unspecified atom stereocenters. The average molecular weight is 233 g/mol. The Balaban J connectivity index is 2.72. The molecule has 0 heterocycles. The molecule has 0 saturated heterocycles. The maximum absolute atomic E-state index is 13.6. The molecule has 0 N–H and O–H groups in total. The van der Waals surface area contributed by atoms with Crippen LogP contribution in [0.5, 0.6) is 5.75 Å². The lowest BCUT2D eigenvalue weighted by Gasteiger charge is -2.14. The lowest BCUT2D eigenvalue weighted by atomic mass is 10.0. The molecule has 16 heavy (non-hydrogen) atoms. The number of hydrogen-bond acceptors (Lipinski definition) is 2. The molecule has 0 amide bonds. The first-order valence-electron chi connectivity index (χ1n) is 6.46. The smallest absolute Gasteiger partial charge is 0.133 e. The number of rotatable bonds is 5. The van der Waals surface area contributed by atoms with Gasteiger partial charge in [0, 0.05) is 24.7 Å². The summed E-state index contributed by atoms with van der Waals surface area (Å²) in [5.74, 6) is -1.53. The van der Waals surface area contributed by atoms with Gasteiger partial charge in [-0.1, -0.05) is 13.8 Å². The van der Waals surface area contributed by atoms with Crippen LogP contribution in [-0.4, -0.2) is 20.3 Å². The van der Waals surface area contributed by atoms with Gasteiger partial charge in [-0.15, -0.1) is 0 Å². The van der Waals surface area contributed by atoms with Crippen LogP contribution in [0.2, 0.25) is 0 Å². The van der Waals surface area contributed by atoms with Crippen molar-refractivity contribution in [1.82, 2.24) is 0 Å². The summed E-state index contributed by atoms with van der Waals surface area (Å²) >= 11 is 0. The Bertz CT molecular complexity index is 434. The van der Waals surface area contributed by atoms with E-state index in [1.807, 2.05) is 0 Å². The third-order valence-corrected chi connectivity index (χ3v) is 2.08. The largest absolute Gasteiger partial charge is 0.491 e. The van der Waals surface area contributed by atoms with Crippen molar-refractivity contribution < 1.29 is 22.4 Å². The van der Waals surface area contributed by atoms with Crippen LogP contribution in [0.4, 0.5) is 8.78 Å². The minimum atomic E-state index is -2.50. The third kappa shape index (κ3) is 3.17. The van der Waals surface area contributed by atoms with Crippen molar-refractivity contribution in [2.75, 3.05) is 20.3 Å². The molecule has 4 heteroatoms. The van der Waals surface area contributed by atoms with Crippen molar-refractivity contribution in [3.63, 3.8) is 0 Å². The Kier molecular flexibility index (Phi) is 3.24. The summed E-state index contributed by atoms with van der Waals surface area (Å²) < 4.78 is 56.9. The molecule has 2 nitrogen and oxygen atoms in total. The molecule has 1 aromatic rings. The Labute approximate surface area is 98.4 Å². The van der Waals surface area contributed by atoms with E-state index >= 15 is 0 Å². The number of hydrogen-bond donors (Lipinski definition) is 0. The molecule has 0 atom stereocenters. The minimum Gasteiger partial charge on any atom is -0.491 e. The lowest BCUT2D eigenvalue weighted by molar-refractivity contribution is 0.145. The molecule has 0 saturated carbocycles. The van der Waals surface area contributed by atoms with Crippen molar-refractivity contribution in [1.29, 1.82) is 0 Å². The highest BCUT2D eigenvalue weighted by atomic mass is 19.1. The van der Waals surface area contributed by atoms with Crippen molar-refractivity contribution in [2.45, 2.75) is 19.8 Å². The normalized spacial score (nSPS) is 14.4. The summed E-state index contributed by atoms with van der Waals surface area (Å²) in [4.78, 5) is 0. The van der Waals surface area contributed by atoms with Crippen LogP contribution in [0.1, 0.15) is 29.4 Å². The van der Waals surface area contributed by atoms with Gasteiger partial charge in [0.1, 0.15) is 24.0 Å². The Morgan fingerprint density at radius 3 is 2.69 bits per heavy atom. The second-order valence-electron chi connectivity index (χ2n) is 3.65. The molecule has 0 fully saturated rings. The summed E-state index contributed by atoms with van der Waals surface area (Å²) in [5.41, 5.74) is 0.260. The standard InChI is InChI=1S/C12H16F2O2/c1-8(2)12-10(14)6-9(13)7-11(12)16-5-4-15-3/h6-8H,4-5H2,1-3H3/i3D3. The summed E-state index contributed by atoms with van der Waals surface area (Å²) in [5, 5.41) is 0. The fourth-order valence-corrected chi connectivity index (χ4v) is 1.43. The van der Waals surface area contributed by atoms with Gasteiger partial charge in [-0.25, -0.2) is 8.78 Å². The van der Waals surface area contributed by atoms with E-state index in [9.17, 15) is 8.78 Å². The van der Waals surface area contributed by atoms with Crippen LogP contribution in [0.25, 0.3) is 0 Å². The molecule has 0 aromatic heterocycles. The van der Waals surface area contributed by atoms with Crippen LogP contribution >= 0.6 is 0 Å². The van der Waals surface area contributed by atoms with Gasteiger partial charge in [0.2, 0.25) is 0 Å². The van der Waals surface area contributed by atoms with Crippen LogP contribution in [-0.2, 0) is 4.74 Å². The molecule has 1 rings (SSSR count). The zero-order valence-electron chi connectivity index (χ0n) is 12.2. The SMILES string of the molecule is [2H]C([2H])([2H])OCCOc1cc(F)cc(F)c1C(C)C. The molecule has 1 aromatic carbocycles. The predicted octanol–water partition coefficient (Wildman–Crippen LogP) is 3.11. The number of halogens is 2. The highest BCUT2D eigenvalue weighted by Crippen LogP contribution is 2.30. The van der Waals surface area contributed by atoms with Gasteiger partial charge >= 0.3 is 0 Å². The first kappa shape index (κ1) is 8.93. The quantitative estimate of drug-likeness (QED) is 0.727. The fourth-order valence-electron chi connectivity index (χ4n) is 1.43. The molecule has 0 bridgehead atoms. The fraction of sp³-hybridized carbons (Fsp3) is 0.500. The molecule has 0 spiro atoms. The van der Waals surface area contributed by atoms with Gasteiger partial charge in [0.15, 0.2) is 0 Å². The van der Waals surface area contributed by atoms with E-state index < -0.39 is 18.7 Å². The Morgan fingerprint density at radius 1 is 1.31 bits per heavy atom. The molecule has 0 aliphatic heterocycles. The average Bonchev–Trinajstić information content (AvgIpc) is 2.21. The van der Waals surface area contributed by atoms with E-state index in [-0.39, 0.29) is 30.4 Å². The Morgan fingerprint density at radius 2 is 2.06 bits per heavy atom. The van der Waals surface area contributed by atoms with E-state index in [1.54, 1.807) is 13.8 Å². The monoisotopic (exact) mass is 233 g/mol. The van der Waals surface area contributed by atoms with Gasteiger partial charge in [-0.3, -0.25) is 0 Å². The van der Waals surface area contributed by atoms with Gasteiger partial charge < -0.3 is 9.47 Å². The van der Waals surface area contributed by atoms with Gasteiger partial charge in [-0.2, -0.15) is 0 Å². The molecular formula is C12H16F2O2. The van der Waals surface area contributed by atoms with E-state index in [4.69, 9.17) is 8.85 Å². The van der Waals surface area contributed by atoms with Crippen molar-refractivity contribution >= 4 is 0 Å². The topological polar surface area (TPSA) is 18.5 Å². The number of ether oxygens (including phenoxy) is 2. The van der Waals surface area contributed by atoms with E-state index in [1.165, 1.54) is 0 Å². The second kappa shape index (κ2) is 5.80. The minimum absolute atomic E-state index is 0.0710. The van der Waals surface area contributed by atoms with Crippen molar-refractivity contribution in [2.24, 2.45) is 0 Å². The van der Waals surface area contributed by atoms with Crippen LogP contribution in [0, 0.1) is 11.6 Å². The maximum atomic E-state index is 13.6. The van der Waals surface area contributed by atoms with Gasteiger partial charge in [0.05, 0.1) is 10.7 Å². The van der Waals surface area contributed by atoms with Crippen molar-refractivity contribution in [3.8, 4) is 5.75 Å². The first-order valence-corrected chi connectivity index (χ1v) is 4.96. The van der Waals surface area contributed by atoms with E-state index in [2.05, 4.69) is 4.74 Å². The molecule has 0 aliphatic carbocycles. The van der Waals surface area contributed by atoms with E-state index in [0.29, 0.717) is 0 Å². The maximum Gasteiger partial charge on any atom is 0.133 e. The summed E-state index contributed by atoms with van der Waals surface area (Å²) in [6, 6.07) is 1.87. The molecule has 90 valence electrons. The van der Waals surface area contributed by atoms with Crippen LogP contribution in [0.15, 0.2) is 12.1 Å². The van der Waals surface area contributed by atoms with Crippen LogP contribution < -0.4 is 4.74 Å². The zero-order valence-corrected chi connectivity index (χ0v) is 9.22. The van der Waals surface area contributed by atoms with Crippen molar-refractivity contribution in [3.05, 3.63) is 29.3 Å². The first-order chi connectivity index (χ1) is 8.70. The van der Waals surface area contributed by atoms with Gasteiger partial charge in [-0.05, 0) is 5.92 Å². The second-order valence-corrected chi connectivity index (χ2v) is 3.65. The molecule has 0 aliphatic rings. The lowest BCUT2D eigenvalue weighted by Crippen LogP contribution is -2.08. The predicted molar refractivity (Wildman–Crippen MR) is 57.8 cm³/mol. The Hall–Kier alpha value is -1.16. The van der Waals surface area contributed by atoms with E-state index in [0.717, 1.165) is 12.1 Å². The highest BCUT2D eigenvalue weighted by molar-refractivity contribution is 5.37. The highest BCUT2D eigenvalue weighted by Gasteiger charge is 2.15. The van der Waals surface area contributed by atoms with Gasteiger partial charge in [0.25, 0.3) is 0 Å². The number of methoxy groups -OCH3 is 1. The number of benzene rings is 1. The molecular weight excluding hydrogens is 214 g/mol. The summed E-state index contributed by atoms with van der Waals surface area (Å²) in [6.07, 6.45) is 0.